The van der Waals surface area contributed by atoms with E-state index in [1.807, 2.05) is 12.3 Å². The molecule has 1 aromatic heterocycles. The molecule has 1 saturated heterocycles. The van der Waals surface area contributed by atoms with Crippen LogP contribution in [-0.4, -0.2) is 42.7 Å². The zero-order chi connectivity index (χ0) is 15.6. The molecule has 2 aliphatic heterocycles. The van der Waals surface area contributed by atoms with Gasteiger partial charge in [-0.05, 0) is 36.2 Å². The monoisotopic (exact) mass is 309 g/mol. The molecule has 3 heterocycles. The standard InChI is InChI=1S/C19H23N3O/c1-15(17-6-5-16-7-13-23-18(16)14-17)21-9-11-22(12-10-21)19-4-2-3-8-20-19/h2-6,8,14-15H,7,9-13H2,1H3/t15-/m0/s1. The summed E-state index contributed by atoms with van der Waals surface area (Å²) in [6.07, 6.45) is 2.92. The maximum Gasteiger partial charge on any atom is 0.128 e. The lowest BCUT2D eigenvalue weighted by Crippen LogP contribution is -2.47. The van der Waals surface area contributed by atoms with Crippen LogP contribution in [0.25, 0.3) is 0 Å². The van der Waals surface area contributed by atoms with Crippen LogP contribution in [0.4, 0.5) is 5.82 Å². The van der Waals surface area contributed by atoms with E-state index in [9.17, 15) is 0 Å². The Morgan fingerprint density at radius 3 is 2.74 bits per heavy atom. The highest BCUT2D eigenvalue weighted by atomic mass is 16.5. The number of hydrogen-bond acceptors (Lipinski definition) is 4. The number of rotatable bonds is 3. The van der Waals surface area contributed by atoms with Gasteiger partial charge in [-0.3, -0.25) is 4.90 Å². The number of piperazine rings is 1. The molecule has 0 N–H and O–H groups in total. The zero-order valence-corrected chi connectivity index (χ0v) is 13.6. The molecule has 0 unspecified atom stereocenters. The highest BCUT2D eigenvalue weighted by molar-refractivity contribution is 5.41. The Morgan fingerprint density at radius 1 is 1.09 bits per heavy atom. The van der Waals surface area contributed by atoms with Crippen LogP contribution < -0.4 is 9.64 Å². The normalized spacial score (nSPS) is 19.3. The molecular formula is C19H23N3O. The Morgan fingerprint density at radius 2 is 1.96 bits per heavy atom. The minimum Gasteiger partial charge on any atom is -0.493 e. The summed E-state index contributed by atoms with van der Waals surface area (Å²) >= 11 is 0. The molecular weight excluding hydrogens is 286 g/mol. The second-order valence-corrected chi connectivity index (χ2v) is 6.35. The van der Waals surface area contributed by atoms with Gasteiger partial charge in [-0.25, -0.2) is 4.98 Å². The van der Waals surface area contributed by atoms with E-state index in [4.69, 9.17) is 4.74 Å². The largest absolute Gasteiger partial charge is 0.493 e. The summed E-state index contributed by atoms with van der Waals surface area (Å²) in [6, 6.07) is 13.3. The first-order valence-electron chi connectivity index (χ1n) is 8.47. The van der Waals surface area contributed by atoms with Gasteiger partial charge in [-0.2, -0.15) is 0 Å². The molecule has 120 valence electrons. The third kappa shape index (κ3) is 2.91. The Balaban J connectivity index is 1.42. The molecule has 1 aromatic carbocycles. The van der Waals surface area contributed by atoms with Crippen LogP contribution in [0.2, 0.25) is 0 Å². The van der Waals surface area contributed by atoms with Gasteiger partial charge < -0.3 is 9.64 Å². The van der Waals surface area contributed by atoms with Crippen LogP contribution in [0.5, 0.6) is 5.75 Å². The Kier molecular flexibility index (Phi) is 3.92. The predicted molar refractivity (Wildman–Crippen MR) is 92.1 cm³/mol. The molecule has 23 heavy (non-hydrogen) atoms. The number of benzene rings is 1. The van der Waals surface area contributed by atoms with Crippen LogP contribution in [0, 0.1) is 0 Å². The average Bonchev–Trinajstić information content (AvgIpc) is 3.10. The molecule has 4 heteroatoms. The summed E-state index contributed by atoms with van der Waals surface area (Å²) in [4.78, 5) is 9.38. The van der Waals surface area contributed by atoms with Crippen LogP contribution in [0.15, 0.2) is 42.6 Å². The first-order valence-corrected chi connectivity index (χ1v) is 8.47. The second kappa shape index (κ2) is 6.20. The van der Waals surface area contributed by atoms with Crippen molar-refractivity contribution in [2.45, 2.75) is 19.4 Å². The van der Waals surface area contributed by atoms with Gasteiger partial charge in [0.25, 0.3) is 0 Å². The highest BCUT2D eigenvalue weighted by Gasteiger charge is 2.24. The lowest BCUT2D eigenvalue weighted by molar-refractivity contribution is 0.198. The van der Waals surface area contributed by atoms with Crippen LogP contribution in [-0.2, 0) is 6.42 Å². The Labute approximate surface area is 137 Å². The van der Waals surface area contributed by atoms with Crippen molar-refractivity contribution in [1.29, 1.82) is 0 Å². The summed E-state index contributed by atoms with van der Waals surface area (Å²) in [5, 5.41) is 0. The van der Waals surface area contributed by atoms with E-state index in [1.54, 1.807) is 0 Å². The molecule has 4 rings (SSSR count). The molecule has 0 saturated carbocycles. The fourth-order valence-corrected chi connectivity index (χ4v) is 3.53. The van der Waals surface area contributed by atoms with Crippen molar-refractivity contribution in [1.82, 2.24) is 9.88 Å². The van der Waals surface area contributed by atoms with E-state index >= 15 is 0 Å². The maximum atomic E-state index is 5.72. The molecule has 2 aliphatic rings. The van der Waals surface area contributed by atoms with Crippen molar-refractivity contribution in [2.24, 2.45) is 0 Å². The van der Waals surface area contributed by atoms with E-state index in [2.05, 4.69) is 52.0 Å². The first kappa shape index (κ1) is 14.5. The SMILES string of the molecule is C[C@@H](c1ccc2c(c1)OCC2)N1CCN(c2ccccn2)CC1. The number of hydrogen-bond donors (Lipinski definition) is 0. The molecule has 1 fully saturated rings. The van der Waals surface area contributed by atoms with Gasteiger partial charge >= 0.3 is 0 Å². The van der Waals surface area contributed by atoms with Gasteiger partial charge in [-0.1, -0.05) is 18.2 Å². The third-order valence-corrected chi connectivity index (χ3v) is 5.04. The number of fused-ring (bicyclic) bond motifs is 1. The van der Waals surface area contributed by atoms with E-state index in [1.165, 1.54) is 11.1 Å². The molecule has 0 aliphatic carbocycles. The summed E-state index contributed by atoms with van der Waals surface area (Å²) in [7, 11) is 0. The van der Waals surface area contributed by atoms with Crippen molar-refractivity contribution >= 4 is 5.82 Å². The molecule has 1 atom stereocenters. The zero-order valence-electron chi connectivity index (χ0n) is 13.6. The predicted octanol–water partition coefficient (Wildman–Crippen LogP) is 2.90. The van der Waals surface area contributed by atoms with E-state index in [0.717, 1.165) is 50.8 Å². The van der Waals surface area contributed by atoms with E-state index in [0.29, 0.717) is 6.04 Å². The molecule has 4 nitrogen and oxygen atoms in total. The Hall–Kier alpha value is -2.07. The minimum absolute atomic E-state index is 0.426. The molecule has 0 radical (unpaired) electrons. The van der Waals surface area contributed by atoms with Crippen molar-refractivity contribution in [3.05, 3.63) is 53.7 Å². The fourth-order valence-electron chi connectivity index (χ4n) is 3.53. The van der Waals surface area contributed by atoms with Crippen molar-refractivity contribution < 1.29 is 4.74 Å². The van der Waals surface area contributed by atoms with Gasteiger partial charge in [0.05, 0.1) is 6.61 Å². The molecule has 0 bridgehead atoms. The van der Waals surface area contributed by atoms with Gasteiger partial charge in [0.2, 0.25) is 0 Å². The first-order chi connectivity index (χ1) is 11.3. The third-order valence-electron chi connectivity index (χ3n) is 5.04. The topological polar surface area (TPSA) is 28.6 Å². The number of ether oxygens (including phenoxy) is 1. The maximum absolute atomic E-state index is 5.72. The number of nitrogens with zero attached hydrogens (tertiary/aromatic N) is 3. The highest BCUT2D eigenvalue weighted by Crippen LogP contribution is 2.31. The fraction of sp³-hybridized carbons (Fsp3) is 0.421. The van der Waals surface area contributed by atoms with Crippen molar-refractivity contribution in [2.75, 3.05) is 37.7 Å². The summed E-state index contributed by atoms with van der Waals surface area (Å²) in [6.45, 7) is 7.32. The smallest absolute Gasteiger partial charge is 0.128 e. The van der Waals surface area contributed by atoms with Gasteiger partial charge in [0.15, 0.2) is 0 Å². The van der Waals surface area contributed by atoms with E-state index in [-0.39, 0.29) is 0 Å². The van der Waals surface area contributed by atoms with E-state index < -0.39 is 0 Å². The Bertz CT molecular complexity index is 666. The molecule has 2 aromatic rings. The van der Waals surface area contributed by atoms with Gasteiger partial charge in [0.1, 0.15) is 11.6 Å². The van der Waals surface area contributed by atoms with Crippen molar-refractivity contribution in [3.8, 4) is 5.75 Å². The summed E-state index contributed by atoms with van der Waals surface area (Å²) < 4.78 is 5.72. The van der Waals surface area contributed by atoms with Crippen LogP contribution >= 0.6 is 0 Å². The summed E-state index contributed by atoms with van der Waals surface area (Å²) in [5.41, 5.74) is 2.71. The van der Waals surface area contributed by atoms with Gasteiger partial charge in [-0.15, -0.1) is 0 Å². The van der Waals surface area contributed by atoms with Crippen LogP contribution in [0.3, 0.4) is 0 Å². The minimum atomic E-state index is 0.426. The quantitative estimate of drug-likeness (QED) is 0.871. The number of aromatic nitrogens is 1. The lowest BCUT2D eigenvalue weighted by atomic mass is 10.0. The number of pyridine rings is 1. The number of anilines is 1. The van der Waals surface area contributed by atoms with Crippen molar-refractivity contribution in [3.63, 3.8) is 0 Å². The molecule has 0 amide bonds. The van der Waals surface area contributed by atoms with Gasteiger partial charge in [0, 0.05) is 44.8 Å². The molecule has 0 spiro atoms. The lowest BCUT2D eigenvalue weighted by Gasteiger charge is -2.38. The summed E-state index contributed by atoms with van der Waals surface area (Å²) in [5.74, 6) is 2.17. The second-order valence-electron chi connectivity index (χ2n) is 6.35. The average molecular weight is 309 g/mol. The van der Waals surface area contributed by atoms with Crippen LogP contribution in [0.1, 0.15) is 24.1 Å².